The molecule has 1 N–H and O–H groups in total. The maximum atomic E-state index is 5.10. The topological polar surface area (TPSA) is 33.6 Å². The summed E-state index contributed by atoms with van der Waals surface area (Å²) in [4.78, 5) is 4.69. The van der Waals surface area contributed by atoms with E-state index in [0.717, 1.165) is 10.9 Å². The number of nitrogens with one attached hydrogen (secondary N) is 1. The molecule has 0 spiro atoms. The molecule has 17 heavy (non-hydrogen) atoms. The lowest BCUT2D eigenvalue weighted by molar-refractivity contribution is 0.179. The van der Waals surface area contributed by atoms with Crippen LogP contribution < -0.4 is 5.32 Å². The van der Waals surface area contributed by atoms with Crippen molar-refractivity contribution in [3.8, 4) is 0 Å². The molecule has 92 valence electrons. The van der Waals surface area contributed by atoms with Gasteiger partial charge in [-0.15, -0.1) is 0 Å². The second-order valence-electron chi connectivity index (χ2n) is 4.17. The van der Waals surface area contributed by atoms with Crippen molar-refractivity contribution in [2.45, 2.75) is 19.0 Å². The minimum absolute atomic E-state index is 0.290. The average Bonchev–Trinajstić information content (AvgIpc) is 2.79. The third-order valence-electron chi connectivity index (χ3n) is 2.62. The highest BCUT2D eigenvalue weighted by molar-refractivity contribution is 8.14. The molecule has 2 unspecified atom stereocenters. The summed E-state index contributed by atoms with van der Waals surface area (Å²) < 4.78 is 5.10. The SMILES string of the molecule is COCC(C)NC1=NC(c2ccccc2)CS1. The largest absolute Gasteiger partial charge is 0.383 e. The van der Waals surface area contributed by atoms with Gasteiger partial charge in [-0.25, -0.2) is 0 Å². The molecule has 2 rings (SSSR count). The van der Waals surface area contributed by atoms with Crippen LogP contribution in [0.25, 0.3) is 0 Å². The summed E-state index contributed by atoms with van der Waals surface area (Å²) in [5.74, 6) is 1.02. The van der Waals surface area contributed by atoms with Crippen LogP contribution >= 0.6 is 11.8 Å². The normalized spacial score (nSPS) is 21.1. The first-order valence-electron chi connectivity index (χ1n) is 5.80. The Labute approximate surface area is 107 Å². The molecule has 0 radical (unpaired) electrons. The Bertz CT molecular complexity index is 380. The first kappa shape index (κ1) is 12.5. The van der Waals surface area contributed by atoms with E-state index in [1.807, 2.05) is 6.07 Å². The Balaban J connectivity index is 1.95. The summed E-state index contributed by atoms with van der Waals surface area (Å²) in [5, 5.41) is 4.40. The van der Waals surface area contributed by atoms with E-state index >= 15 is 0 Å². The van der Waals surface area contributed by atoms with E-state index in [0.29, 0.717) is 18.7 Å². The van der Waals surface area contributed by atoms with Gasteiger partial charge in [0.2, 0.25) is 0 Å². The number of aliphatic imine (C=N–C) groups is 1. The summed E-state index contributed by atoms with van der Waals surface area (Å²) in [6.07, 6.45) is 0. The van der Waals surface area contributed by atoms with Crippen molar-refractivity contribution in [1.82, 2.24) is 5.32 Å². The molecule has 1 aromatic rings. The van der Waals surface area contributed by atoms with E-state index in [2.05, 4.69) is 36.5 Å². The van der Waals surface area contributed by atoms with E-state index < -0.39 is 0 Å². The molecule has 3 nitrogen and oxygen atoms in total. The van der Waals surface area contributed by atoms with E-state index in [4.69, 9.17) is 9.73 Å². The summed E-state index contributed by atoms with van der Waals surface area (Å²) >= 11 is 1.78. The Morgan fingerprint density at radius 2 is 2.24 bits per heavy atom. The van der Waals surface area contributed by atoms with E-state index in [9.17, 15) is 0 Å². The van der Waals surface area contributed by atoms with Gasteiger partial charge in [0.25, 0.3) is 0 Å². The third kappa shape index (κ3) is 3.48. The molecule has 0 aromatic heterocycles. The third-order valence-corrected chi connectivity index (χ3v) is 3.60. The first-order chi connectivity index (χ1) is 8.29. The van der Waals surface area contributed by atoms with Gasteiger partial charge >= 0.3 is 0 Å². The van der Waals surface area contributed by atoms with Crippen LogP contribution in [-0.2, 0) is 4.74 Å². The maximum Gasteiger partial charge on any atom is 0.157 e. The first-order valence-corrected chi connectivity index (χ1v) is 6.79. The van der Waals surface area contributed by atoms with E-state index in [1.165, 1.54) is 5.56 Å². The average molecular weight is 250 g/mol. The second kappa shape index (κ2) is 6.07. The lowest BCUT2D eigenvalue weighted by atomic mass is 10.1. The van der Waals surface area contributed by atoms with Crippen LogP contribution in [0, 0.1) is 0 Å². The number of amidine groups is 1. The van der Waals surface area contributed by atoms with Gasteiger partial charge in [-0.3, -0.25) is 4.99 Å². The number of methoxy groups -OCH3 is 1. The minimum Gasteiger partial charge on any atom is -0.383 e. The van der Waals surface area contributed by atoms with Crippen molar-refractivity contribution >= 4 is 16.9 Å². The zero-order valence-corrected chi connectivity index (χ0v) is 11.0. The molecule has 1 heterocycles. The number of nitrogens with zero attached hydrogens (tertiary/aromatic N) is 1. The molecule has 0 amide bonds. The molecule has 0 aliphatic carbocycles. The van der Waals surface area contributed by atoms with Gasteiger partial charge in [0.05, 0.1) is 12.6 Å². The van der Waals surface area contributed by atoms with Crippen molar-refractivity contribution in [3.63, 3.8) is 0 Å². The van der Waals surface area contributed by atoms with Gasteiger partial charge in [0, 0.05) is 18.9 Å². The lowest BCUT2D eigenvalue weighted by Gasteiger charge is -2.12. The molecule has 1 aliphatic heterocycles. The quantitative estimate of drug-likeness (QED) is 0.891. The Kier molecular flexibility index (Phi) is 4.45. The zero-order valence-electron chi connectivity index (χ0n) is 10.2. The van der Waals surface area contributed by atoms with Crippen LogP contribution in [0.4, 0.5) is 0 Å². The summed E-state index contributed by atoms with van der Waals surface area (Å²) in [7, 11) is 1.72. The van der Waals surface area contributed by atoms with E-state index in [1.54, 1.807) is 18.9 Å². The molecular weight excluding hydrogens is 232 g/mol. The number of hydrogen-bond donors (Lipinski definition) is 1. The molecule has 2 atom stereocenters. The van der Waals surface area contributed by atoms with Crippen LogP contribution in [0.2, 0.25) is 0 Å². The standard InChI is InChI=1S/C13H18N2OS/c1-10(8-16-2)14-13-15-12(9-17-13)11-6-4-3-5-7-11/h3-7,10,12H,8-9H2,1-2H3,(H,14,15). The molecule has 1 aliphatic rings. The maximum absolute atomic E-state index is 5.10. The van der Waals surface area contributed by atoms with Crippen molar-refractivity contribution in [2.24, 2.45) is 4.99 Å². The molecule has 1 aromatic carbocycles. The molecule has 0 bridgehead atoms. The summed E-state index contributed by atoms with van der Waals surface area (Å²) in [6.45, 7) is 2.80. The van der Waals surface area contributed by atoms with Gasteiger partial charge in [0.15, 0.2) is 5.17 Å². The van der Waals surface area contributed by atoms with Crippen LogP contribution in [0.15, 0.2) is 35.3 Å². The van der Waals surface area contributed by atoms with Crippen molar-refractivity contribution in [3.05, 3.63) is 35.9 Å². The van der Waals surface area contributed by atoms with Crippen molar-refractivity contribution < 1.29 is 4.74 Å². The lowest BCUT2D eigenvalue weighted by Crippen LogP contribution is -2.33. The van der Waals surface area contributed by atoms with Crippen LogP contribution in [0.3, 0.4) is 0 Å². The summed E-state index contributed by atoms with van der Waals surface area (Å²) in [5.41, 5.74) is 1.29. The van der Waals surface area contributed by atoms with Gasteiger partial charge < -0.3 is 10.1 Å². The Hall–Kier alpha value is -1.00. The molecular formula is C13H18N2OS. The number of ether oxygens (including phenoxy) is 1. The molecule has 0 saturated carbocycles. The highest BCUT2D eigenvalue weighted by Gasteiger charge is 2.20. The number of hydrogen-bond acceptors (Lipinski definition) is 4. The van der Waals surface area contributed by atoms with Crippen molar-refractivity contribution in [1.29, 1.82) is 0 Å². The van der Waals surface area contributed by atoms with Crippen LogP contribution in [0.1, 0.15) is 18.5 Å². The fraction of sp³-hybridized carbons (Fsp3) is 0.462. The fourth-order valence-electron chi connectivity index (χ4n) is 1.80. The smallest absolute Gasteiger partial charge is 0.157 e. The number of thioether (sulfide) groups is 1. The van der Waals surface area contributed by atoms with Crippen LogP contribution in [0.5, 0.6) is 0 Å². The number of benzene rings is 1. The van der Waals surface area contributed by atoms with Crippen LogP contribution in [-0.4, -0.2) is 30.7 Å². The monoisotopic (exact) mass is 250 g/mol. The minimum atomic E-state index is 0.290. The Morgan fingerprint density at radius 3 is 2.94 bits per heavy atom. The highest BCUT2D eigenvalue weighted by Crippen LogP contribution is 2.29. The highest BCUT2D eigenvalue weighted by atomic mass is 32.2. The van der Waals surface area contributed by atoms with Gasteiger partial charge in [-0.2, -0.15) is 0 Å². The second-order valence-corrected chi connectivity index (χ2v) is 5.18. The fourth-order valence-corrected chi connectivity index (χ4v) is 2.87. The summed E-state index contributed by atoms with van der Waals surface area (Å²) in [6, 6.07) is 11.0. The Morgan fingerprint density at radius 1 is 1.47 bits per heavy atom. The molecule has 0 fully saturated rings. The number of rotatable bonds is 4. The van der Waals surface area contributed by atoms with Crippen molar-refractivity contribution in [2.75, 3.05) is 19.5 Å². The predicted molar refractivity (Wildman–Crippen MR) is 73.5 cm³/mol. The zero-order chi connectivity index (χ0) is 12.1. The van der Waals surface area contributed by atoms with E-state index in [-0.39, 0.29) is 0 Å². The molecule has 0 saturated heterocycles. The van der Waals surface area contributed by atoms with Gasteiger partial charge in [0.1, 0.15) is 0 Å². The van der Waals surface area contributed by atoms with Gasteiger partial charge in [-0.1, -0.05) is 42.1 Å². The van der Waals surface area contributed by atoms with Gasteiger partial charge in [-0.05, 0) is 12.5 Å². The predicted octanol–water partition coefficient (Wildman–Crippen LogP) is 2.46. The molecule has 4 heteroatoms.